The molecular formula is C15H21NO2. The van der Waals surface area contributed by atoms with Crippen LogP contribution in [0.15, 0.2) is 12.1 Å². The van der Waals surface area contributed by atoms with Crippen LogP contribution in [0.4, 0.5) is 0 Å². The molecule has 1 fully saturated rings. The topological polar surface area (TPSA) is 43.7 Å². The third kappa shape index (κ3) is 1.77. The van der Waals surface area contributed by atoms with Crippen molar-refractivity contribution in [2.24, 2.45) is 5.92 Å². The zero-order valence-electron chi connectivity index (χ0n) is 11.1. The molecule has 2 aliphatic rings. The highest BCUT2D eigenvalue weighted by molar-refractivity contribution is 5.49. The van der Waals surface area contributed by atoms with Crippen molar-refractivity contribution in [3.63, 3.8) is 0 Å². The Labute approximate surface area is 108 Å². The molecule has 98 valence electrons. The van der Waals surface area contributed by atoms with Crippen LogP contribution in [0.25, 0.3) is 0 Å². The molecule has 0 aromatic heterocycles. The first-order valence-corrected chi connectivity index (χ1v) is 6.72. The molecule has 1 aliphatic carbocycles. The SMILES string of the molecule is CN1CCC2(C)CC(Cc3cc(O)c(O)cc32)C1. The van der Waals surface area contributed by atoms with Crippen molar-refractivity contribution in [1.82, 2.24) is 4.90 Å². The maximum absolute atomic E-state index is 9.75. The zero-order chi connectivity index (χ0) is 12.9. The summed E-state index contributed by atoms with van der Waals surface area (Å²) in [7, 11) is 2.18. The number of likely N-dealkylation sites (tertiary alicyclic amines) is 1. The molecule has 1 aliphatic heterocycles. The second-order valence-corrected chi connectivity index (χ2v) is 6.35. The number of aromatic hydroxyl groups is 2. The molecule has 0 saturated carbocycles. The molecule has 0 spiro atoms. The Morgan fingerprint density at radius 1 is 1.28 bits per heavy atom. The van der Waals surface area contributed by atoms with Gasteiger partial charge in [-0.1, -0.05) is 6.92 Å². The number of benzene rings is 1. The number of nitrogens with zero attached hydrogens (tertiary/aromatic N) is 1. The van der Waals surface area contributed by atoms with E-state index in [1.807, 2.05) is 0 Å². The van der Waals surface area contributed by atoms with Crippen molar-refractivity contribution in [1.29, 1.82) is 0 Å². The average Bonchev–Trinajstić information content (AvgIpc) is 2.41. The highest BCUT2D eigenvalue weighted by Gasteiger charge is 2.39. The predicted octanol–water partition coefficient (Wildman–Crippen LogP) is 2.25. The van der Waals surface area contributed by atoms with Crippen LogP contribution in [0.3, 0.4) is 0 Å². The van der Waals surface area contributed by atoms with Crippen LogP contribution in [0, 0.1) is 5.92 Å². The highest BCUT2D eigenvalue weighted by atomic mass is 16.3. The summed E-state index contributed by atoms with van der Waals surface area (Å²) in [6.07, 6.45) is 3.33. The third-order valence-electron chi connectivity index (χ3n) is 4.71. The molecular weight excluding hydrogens is 226 g/mol. The molecule has 0 radical (unpaired) electrons. The van der Waals surface area contributed by atoms with Gasteiger partial charge in [-0.25, -0.2) is 0 Å². The lowest BCUT2D eigenvalue weighted by Crippen LogP contribution is -2.32. The van der Waals surface area contributed by atoms with Gasteiger partial charge in [0.15, 0.2) is 11.5 Å². The van der Waals surface area contributed by atoms with Crippen molar-refractivity contribution in [3.8, 4) is 11.5 Å². The standard InChI is InChI=1S/C15H21NO2/c1-15-3-4-16(2)9-10(8-15)5-11-6-13(17)14(18)7-12(11)15/h6-7,10,17-18H,3-5,8-9H2,1-2H3. The Morgan fingerprint density at radius 2 is 2.00 bits per heavy atom. The van der Waals surface area contributed by atoms with Gasteiger partial charge in [-0.2, -0.15) is 0 Å². The summed E-state index contributed by atoms with van der Waals surface area (Å²) in [6.45, 7) is 4.54. The smallest absolute Gasteiger partial charge is 0.157 e. The minimum Gasteiger partial charge on any atom is -0.504 e. The summed E-state index contributed by atoms with van der Waals surface area (Å²) >= 11 is 0. The van der Waals surface area contributed by atoms with E-state index in [1.165, 1.54) is 17.5 Å². The Balaban J connectivity index is 2.10. The lowest BCUT2D eigenvalue weighted by atomic mass is 9.66. The summed E-state index contributed by atoms with van der Waals surface area (Å²) < 4.78 is 0. The number of phenols is 2. The molecule has 3 heteroatoms. The molecule has 3 nitrogen and oxygen atoms in total. The molecule has 1 aromatic carbocycles. The van der Waals surface area contributed by atoms with Crippen molar-refractivity contribution < 1.29 is 10.2 Å². The second kappa shape index (κ2) is 3.89. The fourth-order valence-corrected chi connectivity index (χ4v) is 3.82. The quantitative estimate of drug-likeness (QED) is 0.691. The molecule has 2 atom stereocenters. The van der Waals surface area contributed by atoms with E-state index in [4.69, 9.17) is 0 Å². The lowest BCUT2D eigenvalue weighted by molar-refractivity contribution is 0.288. The van der Waals surface area contributed by atoms with E-state index in [9.17, 15) is 10.2 Å². The molecule has 2 bridgehead atoms. The van der Waals surface area contributed by atoms with Gasteiger partial charge in [0, 0.05) is 6.54 Å². The van der Waals surface area contributed by atoms with Crippen LogP contribution in [0.2, 0.25) is 0 Å². The fraction of sp³-hybridized carbons (Fsp3) is 0.600. The van der Waals surface area contributed by atoms with Gasteiger partial charge >= 0.3 is 0 Å². The van der Waals surface area contributed by atoms with E-state index in [0.717, 1.165) is 25.9 Å². The van der Waals surface area contributed by atoms with Crippen LogP contribution < -0.4 is 0 Å². The summed E-state index contributed by atoms with van der Waals surface area (Å²) in [6, 6.07) is 3.55. The van der Waals surface area contributed by atoms with Crippen LogP contribution >= 0.6 is 0 Å². The van der Waals surface area contributed by atoms with Gasteiger partial charge in [0.1, 0.15) is 0 Å². The van der Waals surface area contributed by atoms with E-state index >= 15 is 0 Å². The first kappa shape index (κ1) is 11.8. The predicted molar refractivity (Wildman–Crippen MR) is 71.0 cm³/mol. The van der Waals surface area contributed by atoms with Gasteiger partial charge in [-0.3, -0.25) is 0 Å². The lowest BCUT2D eigenvalue weighted by Gasteiger charge is -2.38. The number of fused-ring (bicyclic) bond motifs is 4. The summed E-state index contributed by atoms with van der Waals surface area (Å²) in [5.41, 5.74) is 2.61. The minimum atomic E-state index is 0.0179. The zero-order valence-corrected chi connectivity index (χ0v) is 11.1. The molecule has 2 N–H and O–H groups in total. The van der Waals surface area contributed by atoms with Crippen molar-refractivity contribution in [3.05, 3.63) is 23.3 Å². The molecule has 1 heterocycles. The number of hydrogen-bond acceptors (Lipinski definition) is 3. The van der Waals surface area contributed by atoms with Crippen molar-refractivity contribution in [2.45, 2.75) is 31.6 Å². The highest BCUT2D eigenvalue weighted by Crippen LogP contribution is 2.46. The first-order chi connectivity index (χ1) is 8.48. The van der Waals surface area contributed by atoms with Crippen molar-refractivity contribution in [2.75, 3.05) is 20.1 Å². The van der Waals surface area contributed by atoms with Gasteiger partial charge < -0.3 is 15.1 Å². The Morgan fingerprint density at radius 3 is 2.78 bits per heavy atom. The normalized spacial score (nSPS) is 31.8. The van der Waals surface area contributed by atoms with E-state index in [1.54, 1.807) is 12.1 Å². The van der Waals surface area contributed by atoms with Crippen molar-refractivity contribution >= 4 is 0 Å². The van der Waals surface area contributed by atoms with E-state index in [0.29, 0.717) is 5.92 Å². The van der Waals surface area contributed by atoms with Crippen LogP contribution in [-0.4, -0.2) is 35.3 Å². The maximum atomic E-state index is 9.75. The number of phenolic OH excluding ortho intramolecular Hbond substituents is 2. The summed E-state index contributed by atoms with van der Waals surface area (Å²) in [5, 5.41) is 19.4. The fourth-order valence-electron chi connectivity index (χ4n) is 3.82. The minimum absolute atomic E-state index is 0.0179. The monoisotopic (exact) mass is 247 g/mol. The second-order valence-electron chi connectivity index (χ2n) is 6.35. The number of hydrogen-bond donors (Lipinski definition) is 2. The van der Waals surface area contributed by atoms with Gasteiger partial charge in [0.2, 0.25) is 0 Å². The Kier molecular flexibility index (Phi) is 2.56. The molecule has 0 amide bonds. The van der Waals surface area contributed by atoms with Crippen LogP contribution in [0.5, 0.6) is 11.5 Å². The van der Waals surface area contributed by atoms with Crippen LogP contribution in [0.1, 0.15) is 30.9 Å². The Hall–Kier alpha value is -1.22. The largest absolute Gasteiger partial charge is 0.504 e. The summed E-state index contributed by atoms with van der Waals surface area (Å²) in [4.78, 5) is 2.40. The van der Waals surface area contributed by atoms with Gasteiger partial charge in [0.25, 0.3) is 0 Å². The van der Waals surface area contributed by atoms with Crippen LogP contribution in [-0.2, 0) is 11.8 Å². The van der Waals surface area contributed by atoms with E-state index in [-0.39, 0.29) is 16.9 Å². The average molecular weight is 247 g/mol. The molecule has 2 unspecified atom stereocenters. The Bertz CT molecular complexity index is 486. The summed E-state index contributed by atoms with van der Waals surface area (Å²) in [5.74, 6) is 0.703. The molecule has 18 heavy (non-hydrogen) atoms. The molecule has 1 aromatic rings. The van der Waals surface area contributed by atoms with E-state index in [2.05, 4.69) is 18.9 Å². The molecule has 3 rings (SSSR count). The number of rotatable bonds is 0. The van der Waals surface area contributed by atoms with Gasteiger partial charge in [0.05, 0.1) is 0 Å². The third-order valence-corrected chi connectivity index (χ3v) is 4.71. The van der Waals surface area contributed by atoms with Gasteiger partial charge in [-0.15, -0.1) is 0 Å². The molecule has 1 saturated heterocycles. The maximum Gasteiger partial charge on any atom is 0.157 e. The first-order valence-electron chi connectivity index (χ1n) is 6.72. The van der Waals surface area contributed by atoms with Gasteiger partial charge in [-0.05, 0) is 67.4 Å². The van der Waals surface area contributed by atoms with E-state index < -0.39 is 0 Å².